The number of hydrogen-bond donors (Lipinski definition) is 2. The predicted octanol–water partition coefficient (Wildman–Crippen LogP) is 2.23. The van der Waals surface area contributed by atoms with E-state index in [1.165, 1.54) is 25.7 Å². The predicted molar refractivity (Wildman–Crippen MR) is 99.4 cm³/mol. The number of ether oxygens (including phenoxy) is 1. The highest BCUT2D eigenvalue weighted by atomic mass is 16.5. The van der Waals surface area contributed by atoms with Crippen LogP contribution < -0.4 is 10.6 Å². The average molecular weight is 337 g/mol. The maximum absolute atomic E-state index is 6.01. The van der Waals surface area contributed by atoms with Crippen molar-refractivity contribution in [1.29, 1.82) is 0 Å². The Bertz CT molecular complexity index is 450. The largest absolute Gasteiger partial charge is 0.377 e. The maximum Gasteiger partial charge on any atom is 0.191 e. The Kier molecular flexibility index (Phi) is 5.40. The van der Waals surface area contributed by atoms with Crippen LogP contribution in [0.15, 0.2) is 4.99 Å². The molecule has 0 amide bonds. The molecule has 24 heavy (non-hydrogen) atoms. The molecule has 1 aliphatic heterocycles. The van der Waals surface area contributed by atoms with Gasteiger partial charge < -0.3 is 15.4 Å². The van der Waals surface area contributed by atoms with E-state index in [2.05, 4.69) is 48.2 Å². The van der Waals surface area contributed by atoms with E-state index in [0.717, 1.165) is 25.7 Å². The maximum atomic E-state index is 6.01. The van der Waals surface area contributed by atoms with E-state index in [1.807, 2.05) is 7.05 Å². The second kappa shape index (κ2) is 7.20. The minimum atomic E-state index is 0.403. The van der Waals surface area contributed by atoms with Gasteiger partial charge in [0.25, 0.3) is 0 Å². The van der Waals surface area contributed by atoms with Gasteiger partial charge >= 0.3 is 0 Å². The lowest BCUT2D eigenvalue weighted by Crippen LogP contribution is -2.72. The van der Waals surface area contributed by atoms with Crippen LogP contribution >= 0.6 is 0 Å². The summed E-state index contributed by atoms with van der Waals surface area (Å²) in [7, 11) is 1.88. The Morgan fingerprint density at radius 3 is 2.50 bits per heavy atom. The van der Waals surface area contributed by atoms with Gasteiger partial charge in [-0.05, 0) is 47.0 Å². The van der Waals surface area contributed by atoms with Crippen molar-refractivity contribution in [2.75, 3.05) is 26.7 Å². The third-order valence-corrected chi connectivity index (χ3v) is 6.54. The van der Waals surface area contributed by atoms with Crippen molar-refractivity contribution in [3.63, 3.8) is 0 Å². The van der Waals surface area contributed by atoms with Crippen LogP contribution in [-0.4, -0.2) is 61.8 Å². The molecule has 0 radical (unpaired) electrons. The molecule has 0 aromatic heterocycles. The fraction of sp³-hybridized carbons (Fsp3) is 0.947. The molecule has 3 fully saturated rings. The van der Waals surface area contributed by atoms with E-state index < -0.39 is 0 Å². The van der Waals surface area contributed by atoms with Gasteiger partial charge in [0, 0.05) is 56.2 Å². The Labute approximate surface area is 147 Å². The van der Waals surface area contributed by atoms with E-state index in [1.54, 1.807) is 0 Å². The summed E-state index contributed by atoms with van der Waals surface area (Å²) >= 11 is 0. The number of hydrogen-bond acceptors (Lipinski definition) is 3. The summed E-state index contributed by atoms with van der Waals surface area (Å²) in [6.45, 7) is 12.0. The van der Waals surface area contributed by atoms with Crippen molar-refractivity contribution in [3.8, 4) is 0 Å². The van der Waals surface area contributed by atoms with Gasteiger partial charge in [-0.1, -0.05) is 6.42 Å². The van der Waals surface area contributed by atoms with Gasteiger partial charge in [0.05, 0.1) is 6.10 Å². The smallest absolute Gasteiger partial charge is 0.191 e. The van der Waals surface area contributed by atoms with Crippen LogP contribution in [-0.2, 0) is 4.74 Å². The zero-order valence-corrected chi connectivity index (χ0v) is 16.1. The number of rotatable bonds is 6. The van der Waals surface area contributed by atoms with Gasteiger partial charge in [0.1, 0.15) is 0 Å². The molecule has 3 unspecified atom stereocenters. The van der Waals surface area contributed by atoms with Crippen LogP contribution in [0.5, 0.6) is 0 Å². The summed E-state index contributed by atoms with van der Waals surface area (Å²) in [4.78, 5) is 6.98. The lowest BCUT2D eigenvalue weighted by Gasteiger charge is -2.63. The average Bonchev–Trinajstić information content (AvgIpc) is 2.89. The van der Waals surface area contributed by atoms with Gasteiger partial charge in [-0.15, -0.1) is 0 Å². The first-order valence-electron chi connectivity index (χ1n) is 9.84. The van der Waals surface area contributed by atoms with E-state index in [4.69, 9.17) is 4.74 Å². The molecule has 5 nitrogen and oxygen atoms in total. The lowest BCUT2D eigenvalue weighted by molar-refractivity contribution is -0.171. The SMILES string of the molecule is CN=C(NCCN(C(C)C)C(C)C)NC1C2CCOC2C12CCC2. The molecule has 1 heterocycles. The quantitative estimate of drug-likeness (QED) is 0.577. The fourth-order valence-electron chi connectivity index (χ4n) is 5.21. The molecule has 3 atom stereocenters. The lowest BCUT2D eigenvalue weighted by atomic mass is 9.46. The zero-order chi connectivity index (χ0) is 17.3. The molecule has 2 N–H and O–H groups in total. The third kappa shape index (κ3) is 3.05. The second-order valence-corrected chi connectivity index (χ2v) is 8.38. The van der Waals surface area contributed by atoms with Crippen LogP contribution in [0, 0.1) is 11.3 Å². The van der Waals surface area contributed by atoms with Crippen LogP contribution in [0.2, 0.25) is 0 Å². The Morgan fingerprint density at radius 2 is 1.96 bits per heavy atom. The highest BCUT2D eigenvalue weighted by Gasteiger charge is 2.66. The molecule has 2 aliphatic carbocycles. The molecule has 3 aliphatic rings. The number of nitrogens with one attached hydrogen (secondary N) is 2. The van der Waals surface area contributed by atoms with Crippen LogP contribution in [0.25, 0.3) is 0 Å². The molecule has 2 saturated carbocycles. The standard InChI is InChI=1S/C19H36N4O/c1-13(2)23(14(3)4)11-10-21-18(20-5)22-16-15-7-12-24-17(15)19(16)8-6-9-19/h13-17H,6-12H2,1-5H3,(H2,20,21,22). The fourth-order valence-corrected chi connectivity index (χ4v) is 5.21. The monoisotopic (exact) mass is 336 g/mol. The molecule has 3 rings (SSSR count). The molecular weight excluding hydrogens is 300 g/mol. The van der Waals surface area contributed by atoms with Crippen molar-refractivity contribution >= 4 is 5.96 Å². The highest BCUT2D eigenvalue weighted by Crippen LogP contribution is 2.62. The van der Waals surface area contributed by atoms with E-state index in [9.17, 15) is 0 Å². The van der Waals surface area contributed by atoms with E-state index in [0.29, 0.717) is 35.6 Å². The molecule has 0 aromatic carbocycles. The summed E-state index contributed by atoms with van der Waals surface area (Å²) in [5, 5.41) is 7.27. The zero-order valence-electron chi connectivity index (χ0n) is 16.1. The molecular formula is C19H36N4O. The van der Waals surface area contributed by atoms with E-state index in [-0.39, 0.29) is 0 Å². The summed E-state index contributed by atoms with van der Waals surface area (Å²) in [5.74, 6) is 1.65. The van der Waals surface area contributed by atoms with Crippen molar-refractivity contribution in [2.45, 2.75) is 77.6 Å². The van der Waals surface area contributed by atoms with Crippen molar-refractivity contribution in [2.24, 2.45) is 16.3 Å². The van der Waals surface area contributed by atoms with Gasteiger partial charge in [-0.2, -0.15) is 0 Å². The molecule has 5 heteroatoms. The first kappa shape index (κ1) is 18.0. The Hall–Kier alpha value is -0.810. The highest BCUT2D eigenvalue weighted by molar-refractivity contribution is 5.80. The third-order valence-electron chi connectivity index (χ3n) is 6.54. The van der Waals surface area contributed by atoms with Crippen LogP contribution in [0.4, 0.5) is 0 Å². The normalized spacial score (nSPS) is 31.3. The van der Waals surface area contributed by atoms with Crippen molar-refractivity contribution < 1.29 is 4.74 Å². The summed E-state index contributed by atoms with van der Waals surface area (Å²) in [6, 6.07) is 1.70. The van der Waals surface area contributed by atoms with Crippen molar-refractivity contribution in [3.05, 3.63) is 0 Å². The van der Waals surface area contributed by atoms with Crippen LogP contribution in [0.1, 0.15) is 53.4 Å². The summed E-state index contributed by atoms with van der Waals surface area (Å²) in [6.07, 6.45) is 5.71. The number of fused-ring (bicyclic) bond motifs is 2. The molecule has 0 bridgehead atoms. The molecule has 1 spiro atoms. The first-order chi connectivity index (χ1) is 11.5. The number of aliphatic imine (C=N–C) groups is 1. The van der Waals surface area contributed by atoms with Gasteiger partial charge in [-0.25, -0.2) is 0 Å². The first-order valence-corrected chi connectivity index (χ1v) is 9.84. The van der Waals surface area contributed by atoms with Crippen molar-refractivity contribution in [1.82, 2.24) is 15.5 Å². The van der Waals surface area contributed by atoms with Gasteiger partial charge in [0.15, 0.2) is 5.96 Å². The van der Waals surface area contributed by atoms with Crippen LogP contribution in [0.3, 0.4) is 0 Å². The summed E-state index contributed by atoms with van der Waals surface area (Å²) < 4.78 is 6.01. The van der Waals surface area contributed by atoms with E-state index >= 15 is 0 Å². The summed E-state index contributed by atoms with van der Waals surface area (Å²) in [5.41, 5.74) is 0.403. The van der Waals surface area contributed by atoms with Gasteiger partial charge in [-0.3, -0.25) is 9.89 Å². The number of nitrogens with zero attached hydrogens (tertiary/aromatic N) is 2. The van der Waals surface area contributed by atoms with Gasteiger partial charge in [0.2, 0.25) is 0 Å². The number of guanidine groups is 1. The molecule has 1 saturated heterocycles. The minimum Gasteiger partial charge on any atom is -0.377 e. The second-order valence-electron chi connectivity index (χ2n) is 8.38. The Morgan fingerprint density at radius 1 is 1.25 bits per heavy atom. The molecule has 138 valence electrons. The molecule has 0 aromatic rings. The Balaban J connectivity index is 1.50. The minimum absolute atomic E-state index is 0.403. The topological polar surface area (TPSA) is 48.9 Å².